The number of thiazole rings is 1. The van der Waals surface area contributed by atoms with Crippen LogP contribution in [-0.4, -0.2) is 4.98 Å². The highest BCUT2D eigenvalue weighted by Gasteiger charge is 2.35. The van der Waals surface area contributed by atoms with Gasteiger partial charge < -0.3 is 0 Å². The summed E-state index contributed by atoms with van der Waals surface area (Å²) in [4.78, 5) is 3.83. The van der Waals surface area contributed by atoms with Crippen LogP contribution in [0.2, 0.25) is 0 Å². The molecule has 0 aliphatic heterocycles. The molecule has 0 saturated carbocycles. The monoisotopic (exact) mass is 245 g/mol. The van der Waals surface area contributed by atoms with Gasteiger partial charge in [0.15, 0.2) is 5.01 Å². The predicted molar refractivity (Wildman–Crippen MR) is 39.6 cm³/mol. The topological polar surface area (TPSA) is 12.9 Å². The van der Waals surface area contributed by atoms with Crippen LogP contribution in [0, 0.1) is 6.92 Å². The SMILES string of the molecule is Cc1sc(C(F)(F)F)nc1Br. The summed E-state index contributed by atoms with van der Waals surface area (Å²) in [6.45, 7) is 1.58. The number of hydrogen-bond acceptors (Lipinski definition) is 2. The molecule has 1 heterocycles. The molecule has 0 aliphatic rings. The minimum absolute atomic E-state index is 0.273. The standard InChI is InChI=1S/C5H3BrF3NS/c1-2-3(6)10-4(11-2)5(7,8)9/h1H3. The maximum atomic E-state index is 11.9. The molecule has 0 aromatic carbocycles. The van der Waals surface area contributed by atoms with E-state index in [1.165, 1.54) is 0 Å². The summed E-state index contributed by atoms with van der Waals surface area (Å²) in [7, 11) is 0. The van der Waals surface area contributed by atoms with E-state index in [1.807, 2.05) is 0 Å². The average molecular weight is 246 g/mol. The lowest BCUT2D eigenvalue weighted by atomic mass is 10.6. The summed E-state index contributed by atoms with van der Waals surface area (Å²) < 4.78 is 36.0. The highest BCUT2D eigenvalue weighted by atomic mass is 79.9. The molecule has 1 aromatic rings. The number of halogens is 4. The normalized spacial score (nSPS) is 12.1. The second-order valence-corrected chi connectivity index (χ2v) is 3.82. The Kier molecular flexibility index (Phi) is 2.24. The Morgan fingerprint density at radius 3 is 2.18 bits per heavy atom. The average Bonchev–Trinajstić information content (AvgIpc) is 2.11. The van der Waals surface area contributed by atoms with Gasteiger partial charge in [0.2, 0.25) is 0 Å². The molecule has 0 fully saturated rings. The van der Waals surface area contributed by atoms with Gasteiger partial charge >= 0.3 is 6.18 Å². The predicted octanol–water partition coefficient (Wildman–Crippen LogP) is 3.23. The molecule has 0 aliphatic carbocycles. The van der Waals surface area contributed by atoms with Gasteiger partial charge in [0, 0.05) is 4.88 Å². The second-order valence-electron chi connectivity index (χ2n) is 1.86. The summed E-state index contributed by atoms with van der Waals surface area (Å²) in [6, 6.07) is 0. The van der Waals surface area contributed by atoms with Crippen molar-refractivity contribution in [2.45, 2.75) is 13.1 Å². The summed E-state index contributed by atoms with van der Waals surface area (Å²) >= 11 is 3.55. The first-order chi connectivity index (χ1) is 4.91. The lowest BCUT2D eigenvalue weighted by Crippen LogP contribution is -2.03. The van der Waals surface area contributed by atoms with Crippen LogP contribution in [0.3, 0.4) is 0 Å². The number of rotatable bonds is 0. The fourth-order valence-electron chi connectivity index (χ4n) is 0.499. The van der Waals surface area contributed by atoms with Gasteiger partial charge in [0.25, 0.3) is 0 Å². The molecule has 1 rings (SSSR count). The van der Waals surface area contributed by atoms with Gasteiger partial charge in [-0.05, 0) is 22.9 Å². The van der Waals surface area contributed by atoms with Crippen LogP contribution >= 0.6 is 27.3 Å². The first-order valence-electron chi connectivity index (χ1n) is 2.61. The fraction of sp³-hybridized carbons (Fsp3) is 0.400. The van der Waals surface area contributed by atoms with E-state index in [0.29, 0.717) is 16.2 Å². The molecule has 1 aromatic heterocycles. The molecule has 0 bridgehead atoms. The van der Waals surface area contributed by atoms with Crippen LogP contribution in [0.4, 0.5) is 13.2 Å². The van der Waals surface area contributed by atoms with Gasteiger partial charge in [-0.25, -0.2) is 4.98 Å². The Morgan fingerprint density at radius 2 is 2.00 bits per heavy atom. The van der Waals surface area contributed by atoms with Crippen molar-refractivity contribution in [1.82, 2.24) is 4.98 Å². The molecule has 0 N–H and O–H groups in total. The smallest absolute Gasteiger partial charge is 0.225 e. The van der Waals surface area contributed by atoms with Crippen LogP contribution in [0.25, 0.3) is 0 Å². The van der Waals surface area contributed by atoms with Crippen molar-refractivity contribution < 1.29 is 13.2 Å². The van der Waals surface area contributed by atoms with E-state index >= 15 is 0 Å². The Bertz CT molecular complexity index is 248. The first kappa shape index (κ1) is 8.99. The maximum Gasteiger partial charge on any atom is 0.443 e. The van der Waals surface area contributed by atoms with Crippen molar-refractivity contribution in [1.29, 1.82) is 0 Å². The van der Waals surface area contributed by atoms with Crippen molar-refractivity contribution in [3.63, 3.8) is 0 Å². The van der Waals surface area contributed by atoms with E-state index in [-0.39, 0.29) is 4.60 Å². The zero-order chi connectivity index (χ0) is 8.65. The van der Waals surface area contributed by atoms with Gasteiger partial charge in [-0.1, -0.05) is 0 Å². The van der Waals surface area contributed by atoms with E-state index < -0.39 is 11.2 Å². The minimum Gasteiger partial charge on any atom is -0.225 e. The number of aryl methyl sites for hydroxylation is 1. The van der Waals surface area contributed by atoms with Crippen LogP contribution in [0.1, 0.15) is 9.88 Å². The zero-order valence-corrected chi connectivity index (χ0v) is 7.77. The van der Waals surface area contributed by atoms with E-state index in [4.69, 9.17) is 0 Å². The molecule has 0 saturated heterocycles. The van der Waals surface area contributed by atoms with Crippen molar-refractivity contribution >= 4 is 27.3 Å². The van der Waals surface area contributed by atoms with Crippen LogP contribution in [0.15, 0.2) is 4.60 Å². The highest BCUT2D eigenvalue weighted by Crippen LogP contribution is 2.35. The van der Waals surface area contributed by atoms with Gasteiger partial charge in [0.1, 0.15) is 4.60 Å². The fourth-order valence-corrected chi connectivity index (χ4v) is 1.71. The van der Waals surface area contributed by atoms with Crippen molar-refractivity contribution in [3.05, 3.63) is 14.5 Å². The number of nitrogens with zero attached hydrogens (tertiary/aromatic N) is 1. The summed E-state index contributed by atoms with van der Waals surface area (Å²) in [5, 5.41) is -0.804. The molecule has 0 radical (unpaired) electrons. The largest absolute Gasteiger partial charge is 0.443 e. The third-order valence-corrected chi connectivity index (χ3v) is 3.03. The van der Waals surface area contributed by atoms with Crippen molar-refractivity contribution in [2.24, 2.45) is 0 Å². The molecule has 6 heteroatoms. The Labute approximate surface area is 73.4 Å². The minimum atomic E-state index is -4.32. The molecule has 0 atom stereocenters. The molecular weight excluding hydrogens is 243 g/mol. The maximum absolute atomic E-state index is 11.9. The van der Waals surface area contributed by atoms with Crippen LogP contribution in [-0.2, 0) is 6.18 Å². The first-order valence-corrected chi connectivity index (χ1v) is 4.22. The van der Waals surface area contributed by atoms with Gasteiger partial charge in [0.05, 0.1) is 0 Å². The lowest BCUT2D eigenvalue weighted by Gasteiger charge is -1.98. The second kappa shape index (κ2) is 2.75. The summed E-state index contributed by atoms with van der Waals surface area (Å²) in [5.74, 6) is 0. The third-order valence-electron chi connectivity index (χ3n) is 0.982. The number of aromatic nitrogens is 1. The van der Waals surface area contributed by atoms with Crippen LogP contribution < -0.4 is 0 Å². The molecule has 1 nitrogen and oxygen atoms in total. The van der Waals surface area contributed by atoms with Gasteiger partial charge in [-0.3, -0.25) is 0 Å². The molecule has 62 valence electrons. The molecular formula is C5H3BrF3NS. The Balaban J connectivity index is 3.08. The van der Waals surface area contributed by atoms with Gasteiger partial charge in [-0.2, -0.15) is 13.2 Å². The van der Waals surface area contributed by atoms with Crippen molar-refractivity contribution in [3.8, 4) is 0 Å². The van der Waals surface area contributed by atoms with Crippen molar-refractivity contribution in [2.75, 3.05) is 0 Å². The zero-order valence-electron chi connectivity index (χ0n) is 5.37. The molecule has 11 heavy (non-hydrogen) atoms. The lowest BCUT2D eigenvalue weighted by molar-refractivity contribution is -0.137. The number of alkyl halides is 3. The molecule has 0 spiro atoms. The van der Waals surface area contributed by atoms with E-state index in [0.717, 1.165) is 0 Å². The quantitative estimate of drug-likeness (QED) is 0.684. The summed E-state index contributed by atoms with van der Waals surface area (Å²) in [6.07, 6.45) is -4.32. The highest BCUT2D eigenvalue weighted by molar-refractivity contribution is 9.10. The Hall–Kier alpha value is -0.100. The summed E-state index contributed by atoms with van der Waals surface area (Å²) in [5.41, 5.74) is 0. The van der Waals surface area contributed by atoms with Crippen LogP contribution in [0.5, 0.6) is 0 Å². The third kappa shape index (κ3) is 1.93. The van der Waals surface area contributed by atoms with Gasteiger partial charge in [-0.15, -0.1) is 11.3 Å². The molecule has 0 amide bonds. The Morgan fingerprint density at radius 1 is 1.45 bits per heavy atom. The van der Waals surface area contributed by atoms with E-state index in [1.54, 1.807) is 6.92 Å². The number of hydrogen-bond donors (Lipinski definition) is 0. The van der Waals surface area contributed by atoms with E-state index in [9.17, 15) is 13.2 Å². The molecule has 0 unspecified atom stereocenters. The van der Waals surface area contributed by atoms with E-state index in [2.05, 4.69) is 20.9 Å².